The first-order valence-electron chi connectivity index (χ1n) is 22.2. The van der Waals surface area contributed by atoms with Gasteiger partial charge in [0.25, 0.3) is 0 Å². The molecule has 6 unspecified atom stereocenters. The van der Waals surface area contributed by atoms with Crippen molar-refractivity contribution in [2.75, 3.05) is 53.2 Å². The number of aryl methyl sites for hydroxylation is 1. The van der Waals surface area contributed by atoms with Crippen LogP contribution in [0.2, 0.25) is 0 Å². The topological polar surface area (TPSA) is 174 Å². The third-order valence-electron chi connectivity index (χ3n) is 14.1. The monoisotopic (exact) mass is 840 g/mol. The van der Waals surface area contributed by atoms with Crippen LogP contribution in [0, 0.1) is 11.8 Å². The Hall–Kier alpha value is -4.40. The fraction of sp³-hybridized carbons (Fsp3) is 0.583. The maximum atomic E-state index is 14.1. The average Bonchev–Trinajstić information content (AvgIpc) is 3.93. The first kappa shape index (κ1) is 43.3. The molecule has 2 fully saturated rings. The number of aliphatic hydroxyl groups is 3. The predicted molar refractivity (Wildman–Crippen MR) is 226 cm³/mol. The van der Waals surface area contributed by atoms with Crippen LogP contribution in [0.15, 0.2) is 34.0 Å². The molecule has 0 amide bonds. The summed E-state index contributed by atoms with van der Waals surface area (Å²) in [5.74, 6) is -1.30. The number of Topliss-reactive ketones (excluding diaryl/α,β-unsaturated/α-hetero) is 1. The molecule has 2 bridgehead atoms. The Kier molecular flexibility index (Phi) is 12.9. The molecule has 1 aliphatic carbocycles. The van der Waals surface area contributed by atoms with Crippen LogP contribution in [-0.4, -0.2) is 109 Å². The molecule has 1 saturated heterocycles. The van der Waals surface area contributed by atoms with E-state index < -0.39 is 30.2 Å². The van der Waals surface area contributed by atoms with Gasteiger partial charge in [-0.15, -0.1) is 0 Å². The lowest BCUT2D eigenvalue weighted by molar-refractivity contribution is -0.141. The zero-order chi connectivity index (χ0) is 43.0. The van der Waals surface area contributed by atoms with Crippen molar-refractivity contribution in [2.24, 2.45) is 16.8 Å². The van der Waals surface area contributed by atoms with Gasteiger partial charge in [0.1, 0.15) is 34.7 Å². The first-order chi connectivity index (χ1) is 29.6. The molecule has 8 rings (SSSR count). The number of likely N-dealkylation sites (tertiary alicyclic amines) is 1. The zero-order valence-corrected chi connectivity index (χ0v) is 35.9. The van der Waals surface area contributed by atoms with Gasteiger partial charge in [-0.05, 0) is 106 Å². The minimum absolute atomic E-state index is 0.0242. The molecule has 6 aliphatic rings. The molecule has 0 spiro atoms. The minimum atomic E-state index is -1.29. The highest BCUT2D eigenvalue weighted by Crippen LogP contribution is 2.57. The Morgan fingerprint density at radius 2 is 1.93 bits per heavy atom. The molecule has 0 aromatic heterocycles. The molecule has 6 atom stereocenters. The number of rotatable bonds is 12. The number of piperidine rings is 1. The highest BCUT2D eigenvalue weighted by molar-refractivity contribution is 6.11. The van der Waals surface area contributed by atoms with Gasteiger partial charge in [0.05, 0.1) is 48.4 Å². The average molecular weight is 841 g/mol. The summed E-state index contributed by atoms with van der Waals surface area (Å²) in [6.45, 7) is 8.08. The van der Waals surface area contributed by atoms with Gasteiger partial charge < -0.3 is 43.9 Å². The number of hydrogen-bond donors (Lipinski definition) is 3. The highest BCUT2D eigenvalue weighted by atomic mass is 16.6. The van der Waals surface area contributed by atoms with Gasteiger partial charge in [-0.2, -0.15) is 0 Å². The van der Waals surface area contributed by atoms with Crippen molar-refractivity contribution in [2.45, 2.75) is 115 Å². The maximum Gasteiger partial charge on any atom is 0.375 e. The quantitative estimate of drug-likeness (QED) is 0.161. The Labute approximate surface area is 357 Å². The standard InChI is InChI=1S/C48H60N2O11/c1-5-32-21-31(13-16-50(32)15-7-17-57-4)48(3,56)40-22-35-43(60-40)37(25-53)45-42-41(36(24-52)46(61-45)47(55)58-6-2)30-10-11-39(54)34(19-30)33-18-29-12-14-49-38(29)20-28(33)9-8-27(23-51)26-59-44(35)42/h12,18,20,24,27,31-32,34,40,51,53,56H,5-11,13-17,19,21-23,25-26H2,1-4H3. The van der Waals surface area contributed by atoms with Gasteiger partial charge in [0.2, 0.25) is 5.76 Å². The Balaban J connectivity index is 1.28. The zero-order valence-electron chi connectivity index (χ0n) is 35.9. The molecule has 328 valence electrons. The number of ether oxygens (including phenoxy) is 5. The summed E-state index contributed by atoms with van der Waals surface area (Å²) in [6.07, 6.45) is 7.50. The predicted octanol–water partition coefficient (Wildman–Crippen LogP) is 3.81. The number of nitrogens with zero attached hydrogens (tertiary/aromatic N) is 2. The van der Waals surface area contributed by atoms with E-state index in [0.29, 0.717) is 66.9 Å². The summed E-state index contributed by atoms with van der Waals surface area (Å²) in [5, 5.41) is 36.5. The molecule has 0 radical (unpaired) electrons. The van der Waals surface area contributed by atoms with Crippen molar-refractivity contribution < 1.29 is 53.4 Å². The maximum absolute atomic E-state index is 14.1. The number of allylic oxidation sites excluding steroid dienone is 3. The van der Waals surface area contributed by atoms with Gasteiger partial charge in [0, 0.05) is 68.7 Å². The van der Waals surface area contributed by atoms with Gasteiger partial charge in [-0.3, -0.25) is 14.6 Å². The van der Waals surface area contributed by atoms with Crippen molar-refractivity contribution in [1.29, 1.82) is 0 Å². The molecule has 2 aromatic carbocycles. The summed E-state index contributed by atoms with van der Waals surface area (Å²) in [5.41, 5.74) is 3.00. The van der Waals surface area contributed by atoms with E-state index >= 15 is 0 Å². The smallest absolute Gasteiger partial charge is 0.375 e. The van der Waals surface area contributed by atoms with Crippen LogP contribution in [0.4, 0.5) is 0 Å². The number of fused-ring (bicyclic) bond motifs is 7. The minimum Gasteiger partial charge on any atom is -0.492 e. The van der Waals surface area contributed by atoms with Crippen LogP contribution < -0.4 is 24.8 Å². The number of carbonyl (C=O) groups is 3. The summed E-state index contributed by atoms with van der Waals surface area (Å²) in [4.78, 5) is 48.4. The summed E-state index contributed by atoms with van der Waals surface area (Å²) >= 11 is 0. The normalized spacial score (nSPS) is 25.7. The number of aldehydes is 1. The molecule has 13 nitrogen and oxygen atoms in total. The van der Waals surface area contributed by atoms with Gasteiger partial charge in [0.15, 0.2) is 6.29 Å². The molecule has 3 N–H and O–H groups in total. The molecule has 61 heavy (non-hydrogen) atoms. The molecular formula is C48H60N2O11. The second kappa shape index (κ2) is 18.1. The summed E-state index contributed by atoms with van der Waals surface area (Å²) in [6, 6.07) is 4.41. The van der Waals surface area contributed by atoms with Crippen molar-refractivity contribution in [3.05, 3.63) is 67.4 Å². The van der Waals surface area contributed by atoms with Gasteiger partial charge in [-0.1, -0.05) is 18.6 Å². The molecule has 5 aliphatic heterocycles. The van der Waals surface area contributed by atoms with Gasteiger partial charge >= 0.3 is 5.97 Å². The van der Waals surface area contributed by atoms with Crippen LogP contribution in [0.3, 0.4) is 0 Å². The van der Waals surface area contributed by atoms with E-state index in [2.05, 4.69) is 28.9 Å². The number of benzene rings is 2. The number of aliphatic hydroxyl groups excluding tert-OH is 2. The Morgan fingerprint density at radius 1 is 1.10 bits per heavy atom. The van der Waals surface area contributed by atoms with E-state index in [1.165, 1.54) is 0 Å². The van der Waals surface area contributed by atoms with E-state index in [9.17, 15) is 29.7 Å². The Bertz CT molecular complexity index is 2260. The fourth-order valence-electron chi connectivity index (χ4n) is 10.7. The van der Waals surface area contributed by atoms with Crippen molar-refractivity contribution in [3.63, 3.8) is 0 Å². The van der Waals surface area contributed by atoms with E-state index in [-0.39, 0.29) is 85.4 Å². The SMILES string of the molecule is CCOC(=O)C1=C(C=O)C2=C3CCC(=O)C(C3)c3cc4c(cc3CCC(CO)COc3c5c(c(CO)c(c32)O1)OC(C(C)(O)C1CCN(CCCOC)C(CC)C1)C5)=NCC=4. The van der Waals surface area contributed by atoms with Crippen LogP contribution >= 0.6 is 0 Å². The molecule has 2 aromatic rings. The number of methoxy groups -OCH3 is 1. The number of ketones is 1. The van der Waals surface area contributed by atoms with Crippen molar-refractivity contribution >= 4 is 29.7 Å². The number of hydrogen-bond acceptors (Lipinski definition) is 13. The van der Waals surface area contributed by atoms with Crippen LogP contribution in [0.25, 0.3) is 11.6 Å². The fourth-order valence-corrected chi connectivity index (χ4v) is 10.7. The second-order valence-electron chi connectivity index (χ2n) is 17.6. The second-order valence-corrected chi connectivity index (χ2v) is 17.6. The van der Waals surface area contributed by atoms with Crippen LogP contribution in [0.1, 0.15) is 106 Å². The molecule has 1 saturated carbocycles. The molecule has 5 heterocycles. The lowest BCUT2D eigenvalue weighted by Crippen LogP contribution is -2.54. The number of esters is 1. The van der Waals surface area contributed by atoms with Crippen LogP contribution in [0.5, 0.6) is 17.2 Å². The highest BCUT2D eigenvalue weighted by Gasteiger charge is 2.50. The van der Waals surface area contributed by atoms with Gasteiger partial charge in [-0.25, -0.2) is 4.79 Å². The van der Waals surface area contributed by atoms with E-state index in [0.717, 1.165) is 66.0 Å². The molecular weight excluding hydrogens is 781 g/mol. The largest absolute Gasteiger partial charge is 0.492 e. The lowest BCUT2D eigenvalue weighted by Gasteiger charge is -2.46. The summed E-state index contributed by atoms with van der Waals surface area (Å²) in [7, 11) is 1.72. The van der Waals surface area contributed by atoms with E-state index in [4.69, 9.17) is 23.7 Å². The third kappa shape index (κ3) is 7.97. The Morgan fingerprint density at radius 3 is 2.67 bits per heavy atom. The van der Waals surface area contributed by atoms with Crippen LogP contribution in [-0.2, 0) is 43.3 Å². The lowest BCUT2D eigenvalue weighted by atomic mass is 9.73. The number of carbonyl (C=O) groups excluding carboxylic acids is 3. The summed E-state index contributed by atoms with van der Waals surface area (Å²) < 4.78 is 30.9. The third-order valence-corrected chi connectivity index (χ3v) is 14.1. The van der Waals surface area contributed by atoms with Crippen molar-refractivity contribution in [1.82, 2.24) is 4.90 Å². The first-order valence-corrected chi connectivity index (χ1v) is 22.2. The van der Waals surface area contributed by atoms with E-state index in [1.807, 2.05) is 13.0 Å². The van der Waals surface area contributed by atoms with Crippen molar-refractivity contribution in [3.8, 4) is 17.2 Å². The molecule has 13 heteroatoms. The van der Waals surface area contributed by atoms with E-state index in [1.54, 1.807) is 14.0 Å².